The van der Waals surface area contributed by atoms with E-state index in [0.717, 1.165) is 20.1 Å². The van der Waals surface area contributed by atoms with Crippen molar-refractivity contribution in [2.45, 2.75) is 96.3 Å². The number of hydrogen-bond donors (Lipinski definition) is 0. The zero-order valence-electron chi connectivity index (χ0n) is 39.5. The monoisotopic (exact) mass is 972 g/mol. The second kappa shape index (κ2) is 15.1. The average molecular weight is 975 g/mol. The highest BCUT2D eigenvalue weighted by atomic mass is 79.9. The van der Waals surface area contributed by atoms with E-state index in [1.165, 1.54) is 94.2 Å². The normalized spacial score (nSPS) is 16.2. The Hall–Kier alpha value is -5.28. The second-order valence-electron chi connectivity index (χ2n) is 21.8. The maximum Gasteiger partial charge on any atom is 0.0714 e. The summed E-state index contributed by atoms with van der Waals surface area (Å²) in [5.41, 5.74) is 20.2. The van der Waals surface area contributed by atoms with Gasteiger partial charge in [-0.3, -0.25) is 0 Å². The lowest BCUT2D eigenvalue weighted by molar-refractivity contribution is 0.588. The Morgan fingerprint density at radius 3 is 1.26 bits per heavy atom. The number of benzene rings is 8. The Morgan fingerprint density at radius 2 is 0.815 bits per heavy atom. The van der Waals surface area contributed by atoms with Gasteiger partial charge in [0.25, 0.3) is 0 Å². The lowest BCUT2D eigenvalue weighted by atomic mass is 9.58. The van der Waals surface area contributed by atoms with Crippen molar-refractivity contribution in [1.82, 2.24) is 0 Å². The minimum atomic E-state index is -0.650. The first-order valence-corrected chi connectivity index (χ1v) is 24.7. The minimum absolute atomic E-state index is 0.0117. The molecule has 0 bridgehead atoms. The third-order valence-corrected chi connectivity index (χ3v) is 15.9. The summed E-state index contributed by atoms with van der Waals surface area (Å²) < 4.78 is 2.17. The van der Waals surface area contributed by atoms with Gasteiger partial charge in [-0.25, -0.2) is 0 Å². The third kappa shape index (κ3) is 6.64. The van der Waals surface area contributed by atoms with E-state index in [4.69, 9.17) is 0 Å². The molecule has 8 aromatic carbocycles. The molecular formula is C63H58Br2. The first kappa shape index (κ1) is 43.6. The Labute approximate surface area is 404 Å². The van der Waals surface area contributed by atoms with E-state index in [2.05, 4.69) is 265 Å². The van der Waals surface area contributed by atoms with E-state index >= 15 is 0 Å². The minimum Gasteiger partial charge on any atom is -0.0955 e. The van der Waals surface area contributed by atoms with Crippen molar-refractivity contribution in [1.29, 1.82) is 0 Å². The molecule has 0 amide bonds. The van der Waals surface area contributed by atoms with Gasteiger partial charge < -0.3 is 0 Å². The molecule has 0 radical (unpaired) electrons. The molecule has 2 heteroatoms. The topological polar surface area (TPSA) is 0 Å². The van der Waals surface area contributed by atoms with Crippen LogP contribution in [0.4, 0.5) is 0 Å². The van der Waals surface area contributed by atoms with Crippen molar-refractivity contribution in [2.75, 3.05) is 0 Å². The molecule has 0 aromatic heterocycles. The Bertz CT molecular complexity index is 3140. The van der Waals surface area contributed by atoms with E-state index in [1.54, 1.807) is 0 Å². The van der Waals surface area contributed by atoms with Crippen LogP contribution in [0.2, 0.25) is 0 Å². The van der Waals surface area contributed by atoms with Crippen molar-refractivity contribution in [2.24, 2.45) is 0 Å². The van der Waals surface area contributed by atoms with Gasteiger partial charge in [-0.1, -0.05) is 234 Å². The van der Waals surface area contributed by atoms with Crippen LogP contribution in [0.15, 0.2) is 173 Å². The molecule has 2 aliphatic rings. The molecule has 0 spiro atoms. The number of fused-ring (bicyclic) bond motifs is 5. The lowest BCUT2D eigenvalue weighted by Crippen LogP contribution is -2.35. The smallest absolute Gasteiger partial charge is 0.0714 e. The molecule has 0 saturated heterocycles. The van der Waals surface area contributed by atoms with E-state index in [9.17, 15) is 0 Å². The van der Waals surface area contributed by atoms with Crippen LogP contribution in [-0.4, -0.2) is 0 Å². The van der Waals surface area contributed by atoms with Crippen LogP contribution in [0, 0.1) is 0 Å². The average Bonchev–Trinajstić information content (AvgIpc) is 3.55. The largest absolute Gasteiger partial charge is 0.0955 e. The fraction of sp³-hybridized carbons (Fsp3) is 0.238. The van der Waals surface area contributed by atoms with Crippen LogP contribution in [-0.2, 0) is 27.1 Å². The van der Waals surface area contributed by atoms with Crippen molar-refractivity contribution >= 4 is 48.2 Å². The van der Waals surface area contributed by atoms with E-state index in [0.29, 0.717) is 0 Å². The first-order chi connectivity index (χ1) is 30.7. The Kier molecular flexibility index (Phi) is 10.1. The molecule has 324 valence electrons. The van der Waals surface area contributed by atoms with E-state index < -0.39 is 10.8 Å². The SMILES string of the molecule is C=C(C)c1ccc(C2(c3ccc(C(C)(C)C)cc3)c3cc(Br)ccc3-c3cc4c(cc32)-c2ccc(Br)c3cccc(c23)C4(c2ccc(C(C)(C)C)cc2)c2ccc(C(C)(C)C)cc2)cc1. The fourth-order valence-corrected chi connectivity index (χ4v) is 12.0. The van der Waals surface area contributed by atoms with Crippen LogP contribution in [0.3, 0.4) is 0 Å². The van der Waals surface area contributed by atoms with Crippen molar-refractivity contribution < 1.29 is 0 Å². The molecule has 0 heterocycles. The summed E-state index contributed by atoms with van der Waals surface area (Å²) in [7, 11) is 0. The summed E-state index contributed by atoms with van der Waals surface area (Å²) >= 11 is 8.04. The molecule has 10 rings (SSSR count). The van der Waals surface area contributed by atoms with Gasteiger partial charge in [0.15, 0.2) is 0 Å². The van der Waals surface area contributed by atoms with Crippen molar-refractivity contribution in [3.8, 4) is 22.3 Å². The summed E-state index contributed by atoms with van der Waals surface area (Å²) in [6, 6.07) is 61.7. The standard InChI is InChI=1S/C63H58Br2/c1-38(2)39-15-17-43(18-16-39)63(46-29-23-42(24-30-46)61(9,10)11)54-35-47(64)31-32-48(54)51-36-56-52(37-55(51)63)49-33-34-57(65)50-13-12-14-53(58(49)50)62(56,44-25-19-40(20-26-44)59(3,4)5)45-27-21-41(22-28-45)60(6,7)8/h12-37H,1H2,2-11H3. The van der Waals surface area contributed by atoms with Crippen LogP contribution in [0.1, 0.15) is 136 Å². The van der Waals surface area contributed by atoms with E-state index in [1.807, 2.05) is 0 Å². The molecule has 0 N–H and O–H groups in total. The van der Waals surface area contributed by atoms with Crippen molar-refractivity contribution in [3.63, 3.8) is 0 Å². The van der Waals surface area contributed by atoms with Crippen LogP contribution in [0.25, 0.3) is 38.6 Å². The lowest BCUT2D eigenvalue weighted by Gasteiger charge is -2.43. The Balaban J connectivity index is 1.39. The summed E-state index contributed by atoms with van der Waals surface area (Å²) in [6.07, 6.45) is 0. The summed E-state index contributed by atoms with van der Waals surface area (Å²) in [6.45, 7) is 27.2. The summed E-state index contributed by atoms with van der Waals surface area (Å²) in [5, 5.41) is 2.51. The maximum atomic E-state index is 4.32. The zero-order valence-corrected chi connectivity index (χ0v) is 42.6. The highest BCUT2D eigenvalue weighted by molar-refractivity contribution is 9.11. The molecule has 1 unspecified atom stereocenters. The molecule has 0 fully saturated rings. The predicted octanol–water partition coefficient (Wildman–Crippen LogP) is 18.0. The van der Waals surface area contributed by atoms with Gasteiger partial charge in [0.2, 0.25) is 0 Å². The molecule has 8 aromatic rings. The first-order valence-electron chi connectivity index (χ1n) is 23.1. The Morgan fingerprint density at radius 1 is 0.415 bits per heavy atom. The van der Waals surface area contributed by atoms with E-state index in [-0.39, 0.29) is 16.2 Å². The van der Waals surface area contributed by atoms with Gasteiger partial charge in [-0.05, 0) is 153 Å². The van der Waals surface area contributed by atoms with Gasteiger partial charge in [0.05, 0.1) is 10.8 Å². The highest BCUT2D eigenvalue weighted by Gasteiger charge is 2.51. The molecule has 0 saturated carbocycles. The fourth-order valence-electron chi connectivity index (χ4n) is 11.2. The number of halogens is 2. The van der Waals surface area contributed by atoms with Crippen LogP contribution >= 0.6 is 31.9 Å². The van der Waals surface area contributed by atoms with Crippen LogP contribution in [0.5, 0.6) is 0 Å². The molecule has 65 heavy (non-hydrogen) atoms. The van der Waals surface area contributed by atoms with Gasteiger partial charge in [-0.15, -0.1) is 0 Å². The number of allylic oxidation sites excluding steroid dienone is 1. The quantitative estimate of drug-likeness (QED) is 0.161. The molecule has 0 aliphatic heterocycles. The predicted molar refractivity (Wildman–Crippen MR) is 285 cm³/mol. The summed E-state index contributed by atoms with van der Waals surface area (Å²) in [5.74, 6) is 0. The van der Waals surface area contributed by atoms with Crippen LogP contribution < -0.4 is 0 Å². The van der Waals surface area contributed by atoms with Gasteiger partial charge in [-0.2, -0.15) is 0 Å². The van der Waals surface area contributed by atoms with Gasteiger partial charge in [0, 0.05) is 8.95 Å². The highest BCUT2D eigenvalue weighted by Crippen LogP contribution is 2.62. The second-order valence-corrected chi connectivity index (χ2v) is 23.6. The van der Waals surface area contributed by atoms with Gasteiger partial charge >= 0.3 is 0 Å². The zero-order chi connectivity index (χ0) is 46.0. The molecule has 0 nitrogen and oxygen atoms in total. The summed E-state index contributed by atoms with van der Waals surface area (Å²) in [4.78, 5) is 0. The molecular weight excluding hydrogens is 917 g/mol. The molecule has 1 atom stereocenters. The molecule has 2 aliphatic carbocycles. The van der Waals surface area contributed by atoms with Crippen molar-refractivity contribution in [3.05, 3.63) is 240 Å². The number of rotatable bonds is 5. The maximum absolute atomic E-state index is 4.32. The third-order valence-electron chi connectivity index (χ3n) is 14.7. The number of hydrogen-bond acceptors (Lipinski definition) is 0. The van der Waals surface area contributed by atoms with Gasteiger partial charge in [0.1, 0.15) is 0 Å².